The minimum absolute atomic E-state index is 0.0272. The molecular formula is C16H20N4O3S2. The number of nitrogens with two attached hydrogens (primary N) is 1. The van der Waals surface area contributed by atoms with Gasteiger partial charge in [0.25, 0.3) is 0 Å². The van der Waals surface area contributed by atoms with Crippen LogP contribution in [0.2, 0.25) is 0 Å². The highest BCUT2D eigenvalue weighted by atomic mass is 32.2. The molecule has 0 radical (unpaired) electrons. The van der Waals surface area contributed by atoms with Crippen LogP contribution in [0.5, 0.6) is 0 Å². The van der Waals surface area contributed by atoms with Crippen LogP contribution in [0.4, 0.5) is 5.69 Å². The van der Waals surface area contributed by atoms with Gasteiger partial charge >= 0.3 is 0 Å². The van der Waals surface area contributed by atoms with E-state index in [1.54, 1.807) is 13.8 Å². The van der Waals surface area contributed by atoms with Crippen molar-refractivity contribution < 1.29 is 13.2 Å². The summed E-state index contributed by atoms with van der Waals surface area (Å²) >= 11 is 1.29. The summed E-state index contributed by atoms with van der Waals surface area (Å²) in [7, 11) is -3.84. The Morgan fingerprint density at radius 2 is 1.84 bits per heavy atom. The molecule has 1 amide bonds. The lowest BCUT2D eigenvalue weighted by Crippen LogP contribution is -2.17. The van der Waals surface area contributed by atoms with Gasteiger partial charge in [-0.1, -0.05) is 11.8 Å². The first kappa shape index (κ1) is 19.4. The van der Waals surface area contributed by atoms with Gasteiger partial charge in [0, 0.05) is 11.4 Å². The van der Waals surface area contributed by atoms with Crippen molar-refractivity contribution in [2.45, 2.75) is 37.6 Å². The summed E-state index contributed by atoms with van der Waals surface area (Å²) in [5.74, 6) is 0.539. The van der Waals surface area contributed by atoms with Crippen LogP contribution in [0, 0.1) is 27.7 Å². The molecule has 0 aliphatic rings. The zero-order valence-corrected chi connectivity index (χ0v) is 16.1. The van der Waals surface area contributed by atoms with Gasteiger partial charge < -0.3 is 5.32 Å². The number of primary sulfonamides is 1. The molecule has 0 aliphatic heterocycles. The van der Waals surface area contributed by atoms with Crippen molar-refractivity contribution in [1.29, 1.82) is 0 Å². The Hall–Kier alpha value is -1.97. The Labute approximate surface area is 151 Å². The first-order valence-corrected chi connectivity index (χ1v) is 9.98. The number of sulfonamides is 1. The first-order valence-electron chi connectivity index (χ1n) is 7.45. The number of benzene rings is 1. The Balaban J connectivity index is 2.13. The molecule has 1 aromatic heterocycles. The average Bonchev–Trinajstić information content (AvgIpc) is 2.47. The number of hydrogen-bond acceptors (Lipinski definition) is 6. The normalized spacial score (nSPS) is 11.4. The highest BCUT2D eigenvalue weighted by Crippen LogP contribution is 2.24. The molecular weight excluding hydrogens is 360 g/mol. The monoisotopic (exact) mass is 380 g/mol. The summed E-state index contributed by atoms with van der Waals surface area (Å²) in [6, 6.07) is 4.67. The Kier molecular flexibility index (Phi) is 5.81. The average molecular weight is 380 g/mol. The Morgan fingerprint density at radius 3 is 2.44 bits per heavy atom. The molecule has 1 aromatic carbocycles. The second kappa shape index (κ2) is 7.51. The number of nitrogens with zero attached hydrogens (tertiary/aromatic N) is 2. The number of hydrogen-bond donors (Lipinski definition) is 2. The fourth-order valence-corrected chi connectivity index (χ4v) is 3.63. The number of amides is 1. The van der Waals surface area contributed by atoms with Crippen LogP contribution in [-0.4, -0.2) is 30.0 Å². The van der Waals surface area contributed by atoms with Crippen molar-refractivity contribution in [2.24, 2.45) is 5.14 Å². The van der Waals surface area contributed by atoms with Crippen LogP contribution in [0.25, 0.3) is 0 Å². The number of carbonyl (C=O) groups excluding carboxylic acids is 1. The van der Waals surface area contributed by atoms with E-state index in [4.69, 9.17) is 5.14 Å². The van der Waals surface area contributed by atoms with E-state index >= 15 is 0 Å². The van der Waals surface area contributed by atoms with E-state index < -0.39 is 10.0 Å². The molecule has 0 unspecified atom stereocenters. The van der Waals surface area contributed by atoms with Gasteiger partial charge in [-0.2, -0.15) is 0 Å². The first-order chi connectivity index (χ1) is 11.6. The second-order valence-corrected chi connectivity index (χ2v) is 8.25. The molecule has 3 N–H and O–H groups in total. The molecule has 0 saturated heterocycles. The molecule has 0 bridgehead atoms. The third-order valence-electron chi connectivity index (χ3n) is 3.54. The molecule has 2 aromatic rings. The zero-order valence-electron chi connectivity index (χ0n) is 14.5. The SMILES string of the molecule is Cc1cc(SCC(=O)Nc2cc(S(N)(=O)=O)cc(C)c2C)nc(C)n1. The lowest BCUT2D eigenvalue weighted by atomic mass is 10.1. The number of rotatable bonds is 5. The van der Waals surface area contributed by atoms with Gasteiger partial charge in [-0.05, 0) is 57.0 Å². The van der Waals surface area contributed by atoms with Crippen molar-refractivity contribution in [3.05, 3.63) is 40.8 Å². The molecule has 134 valence electrons. The van der Waals surface area contributed by atoms with E-state index in [0.717, 1.165) is 16.8 Å². The number of thioether (sulfide) groups is 1. The largest absolute Gasteiger partial charge is 0.325 e. The van der Waals surface area contributed by atoms with Crippen molar-refractivity contribution in [1.82, 2.24) is 9.97 Å². The molecule has 0 atom stereocenters. The van der Waals surface area contributed by atoms with Crippen LogP contribution in [0.15, 0.2) is 28.1 Å². The second-order valence-electron chi connectivity index (χ2n) is 5.69. The van der Waals surface area contributed by atoms with Gasteiger partial charge in [0.15, 0.2) is 0 Å². The van der Waals surface area contributed by atoms with Crippen molar-refractivity contribution in [3.63, 3.8) is 0 Å². The van der Waals surface area contributed by atoms with Crippen LogP contribution in [0.3, 0.4) is 0 Å². The lowest BCUT2D eigenvalue weighted by molar-refractivity contribution is -0.113. The standard InChI is InChI=1S/C16H20N4O3S2/c1-9-5-13(25(17,22)23)7-14(11(9)3)20-15(21)8-24-16-6-10(2)18-12(4)19-16/h5-7H,8H2,1-4H3,(H,20,21)(H2,17,22,23). The summed E-state index contributed by atoms with van der Waals surface area (Å²) in [5, 5.41) is 8.63. The molecule has 2 rings (SSSR count). The molecule has 0 aliphatic carbocycles. The maximum atomic E-state index is 12.2. The molecule has 25 heavy (non-hydrogen) atoms. The van der Waals surface area contributed by atoms with Crippen LogP contribution in [-0.2, 0) is 14.8 Å². The van der Waals surface area contributed by atoms with E-state index in [1.807, 2.05) is 19.9 Å². The van der Waals surface area contributed by atoms with Crippen LogP contribution >= 0.6 is 11.8 Å². The van der Waals surface area contributed by atoms with E-state index in [2.05, 4.69) is 15.3 Å². The zero-order chi connectivity index (χ0) is 18.8. The molecule has 7 nitrogen and oxygen atoms in total. The summed E-state index contributed by atoms with van der Waals surface area (Å²) in [6.45, 7) is 7.23. The number of carbonyl (C=O) groups is 1. The van der Waals surface area contributed by atoms with Crippen molar-refractivity contribution in [3.8, 4) is 0 Å². The molecule has 1 heterocycles. The third kappa shape index (κ3) is 5.25. The van der Waals surface area contributed by atoms with E-state index in [1.165, 1.54) is 23.9 Å². The Bertz CT molecular complexity index is 907. The van der Waals surface area contributed by atoms with Crippen molar-refractivity contribution in [2.75, 3.05) is 11.1 Å². The minimum Gasteiger partial charge on any atom is -0.325 e. The molecule has 9 heteroatoms. The van der Waals surface area contributed by atoms with Gasteiger partial charge in [0.2, 0.25) is 15.9 Å². The Morgan fingerprint density at radius 1 is 1.16 bits per heavy atom. The van der Waals surface area contributed by atoms with Gasteiger partial charge in [0.1, 0.15) is 10.9 Å². The summed E-state index contributed by atoms with van der Waals surface area (Å²) in [6.07, 6.45) is 0. The maximum Gasteiger partial charge on any atom is 0.238 e. The molecule has 0 fully saturated rings. The van der Waals surface area contributed by atoms with Gasteiger partial charge in [-0.3, -0.25) is 4.79 Å². The van der Waals surface area contributed by atoms with E-state index in [0.29, 0.717) is 16.5 Å². The minimum atomic E-state index is -3.84. The highest BCUT2D eigenvalue weighted by molar-refractivity contribution is 7.99. The number of aryl methyl sites for hydroxylation is 3. The van der Waals surface area contributed by atoms with E-state index in [9.17, 15) is 13.2 Å². The van der Waals surface area contributed by atoms with Crippen LogP contribution < -0.4 is 10.5 Å². The van der Waals surface area contributed by atoms with Gasteiger partial charge in [-0.15, -0.1) is 0 Å². The fraction of sp³-hybridized carbons (Fsp3) is 0.312. The van der Waals surface area contributed by atoms with E-state index in [-0.39, 0.29) is 16.6 Å². The third-order valence-corrected chi connectivity index (χ3v) is 5.34. The van der Waals surface area contributed by atoms with Crippen LogP contribution in [0.1, 0.15) is 22.6 Å². The van der Waals surface area contributed by atoms with Gasteiger partial charge in [0.05, 0.1) is 10.6 Å². The smallest absolute Gasteiger partial charge is 0.238 e. The molecule has 0 spiro atoms. The van der Waals surface area contributed by atoms with Crippen molar-refractivity contribution >= 4 is 33.4 Å². The fourth-order valence-electron chi connectivity index (χ4n) is 2.20. The summed E-state index contributed by atoms with van der Waals surface area (Å²) in [5.41, 5.74) is 2.79. The van der Waals surface area contributed by atoms with Gasteiger partial charge in [-0.25, -0.2) is 23.5 Å². The summed E-state index contributed by atoms with van der Waals surface area (Å²) in [4.78, 5) is 20.7. The number of aromatic nitrogens is 2. The predicted octanol–water partition coefficient (Wildman–Crippen LogP) is 2.09. The molecule has 0 saturated carbocycles. The number of nitrogens with one attached hydrogen (secondary N) is 1. The quantitative estimate of drug-likeness (QED) is 0.606. The summed E-state index contributed by atoms with van der Waals surface area (Å²) < 4.78 is 23.1. The number of anilines is 1. The lowest BCUT2D eigenvalue weighted by Gasteiger charge is -2.12. The highest BCUT2D eigenvalue weighted by Gasteiger charge is 2.14. The topological polar surface area (TPSA) is 115 Å². The predicted molar refractivity (Wildman–Crippen MR) is 98.1 cm³/mol. The maximum absolute atomic E-state index is 12.2.